The van der Waals surface area contributed by atoms with E-state index in [2.05, 4.69) is 20.4 Å². The summed E-state index contributed by atoms with van der Waals surface area (Å²) in [7, 11) is -3.29. The lowest BCUT2D eigenvalue weighted by atomic mass is 10.1. The number of hydrogen-bond acceptors (Lipinski definition) is 6. The van der Waals surface area contributed by atoms with E-state index in [1.807, 2.05) is 6.92 Å². The number of guanidine groups is 1. The Hall–Kier alpha value is -1.57. The summed E-state index contributed by atoms with van der Waals surface area (Å²) in [6.45, 7) is 2.73. The van der Waals surface area contributed by atoms with Gasteiger partial charge in [-0.15, -0.1) is 24.0 Å². The molecule has 0 radical (unpaired) electrons. The largest absolute Gasteiger partial charge is 0.454 e. The monoisotopic (exact) mass is 549 g/mol. The molecule has 1 heterocycles. The minimum atomic E-state index is -3.29. The van der Waals surface area contributed by atoms with Crippen LogP contribution < -0.4 is 24.8 Å². The zero-order chi connectivity index (χ0) is 20.9. The van der Waals surface area contributed by atoms with E-state index in [1.54, 1.807) is 13.8 Å². The summed E-state index contributed by atoms with van der Waals surface area (Å²) in [5.41, 5.74) is 0.379. The van der Waals surface area contributed by atoms with Crippen LogP contribution in [0.25, 0.3) is 0 Å². The second kappa shape index (κ2) is 10.5. The van der Waals surface area contributed by atoms with Gasteiger partial charge >= 0.3 is 6.61 Å². The van der Waals surface area contributed by atoms with Crippen LogP contribution in [0.2, 0.25) is 0 Å². The van der Waals surface area contributed by atoms with Crippen molar-refractivity contribution in [2.45, 2.75) is 38.7 Å². The highest BCUT2D eigenvalue weighted by molar-refractivity contribution is 14.0. The van der Waals surface area contributed by atoms with Crippen molar-refractivity contribution in [2.24, 2.45) is 4.99 Å². The first-order valence-electron chi connectivity index (χ1n) is 8.62. The summed E-state index contributed by atoms with van der Waals surface area (Å²) in [6.07, 6.45) is 1.17. The maximum absolute atomic E-state index is 12.7. The minimum absolute atomic E-state index is 0. The lowest BCUT2D eigenvalue weighted by Gasteiger charge is -2.24. The average molecular weight is 549 g/mol. The number of aliphatic imine (C=N–C) groups is 1. The maximum atomic E-state index is 12.7. The molecule has 0 spiro atoms. The van der Waals surface area contributed by atoms with Gasteiger partial charge in [-0.3, -0.25) is 0 Å². The molecule has 2 N–H and O–H groups in total. The molecule has 0 saturated heterocycles. The molecule has 1 aliphatic rings. The van der Waals surface area contributed by atoms with Gasteiger partial charge in [-0.05, 0) is 26.8 Å². The van der Waals surface area contributed by atoms with Gasteiger partial charge in [0.05, 0.1) is 11.3 Å². The summed E-state index contributed by atoms with van der Waals surface area (Å²) in [4.78, 5) is 4.34. The van der Waals surface area contributed by atoms with Crippen molar-refractivity contribution in [1.29, 1.82) is 0 Å². The van der Waals surface area contributed by atoms with Gasteiger partial charge in [-0.1, -0.05) is 0 Å². The number of alkyl halides is 2. The molecule has 12 heteroatoms. The molecular weight excluding hydrogens is 523 g/mol. The summed E-state index contributed by atoms with van der Waals surface area (Å²) >= 11 is 0. The Morgan fingerprint density at radius 2 is 1.90 bits per heavy atom. The van der Waals surface area contributed by atoms with Crippen LogP contribution in [0, 0.1) is 0 Å². The molecule has 1 aliphatic heterocycles. The van der Waals surface area contributed by atoms with Gasteiger partial charge in [0.25, 0.3) is 0 Å². The highest BCUT2D eigenvalue weighted by atomic mass is 127. The molecule has 8 nitrogen and oxygen atoms in total. The van der Waals surface area contributed by atoms with Crippen LogP contribution in [0.3, 0.4) is 0 Å². The fraction of sp³-hybridized carbons (Fsp3) is 0.588. The maximum Gasteiger partial charge on any atom is 0.387 e. The SMILES string of the molecule is CCNC(=NCc1cc2c(cc1OC(F)F)OCO2)NCC(C)(C)S(C)(=O)=O.I. The number of nitrogens with zero attached hydrogens (tertiary/aromatic N) is 1. The van der Waals surface area contributed by atoms with Gasteiger partial charge in [0.15, 0.2) is 27.3 Å². The molecule has 166 valence electrons. The smallest absolute Gasteiger partial charge is 0.387 e. The van der Waals surface area contributed by atoms with E-state index in [0.29, 0.717) is 29.6 Å². The first kappa shape index (κ1) is 25.5. The molecule has 2 rings (SSSR count). The highest BCUT2D eigenvalue weighted by Crippen LogP contribution is 2.39. The molecule has 0 unspecified atom stereocenters. The van der Waals surface area contributed by atoms with Gasteiger partial charge in [0, 0.05) is 31.0 Å². The summed E-state index contributed by atoms with van der Waals surface area (Å²) < 4.78 is 63.1. The van der Waals surface area contributed by atoms with Crippen LogP contribution in [0.5, 0.6) is 17.2 Å². The van der Waals surface area contributed by atoms with Gasteiger partial charge in [-0.25, -0.2) is 13.4 Å². The van der Waals surface area contributed by atoms with E-state index in [0.717, 1.165) is 0 Å². The number of benzene rings is 1. The molecule has 0 aromatic heterocycles. The van der Waals surface area contributed by atoms with Crippen molar-refractivity contribution in [1.82, 2.24) is 10.6 Å². The number of rotatable bonds is 8. The molecule has 0 aliphatic carbocycles. The molecule has 29 heavy (non-hydrogen) atoms. The highest BCUT2D eigenvalue weighted by Gasteiger charge is 2.30. The summed E-state index contributed by atoms with van der Waals surface area (Å²) in [5.74, 6) is 1.03. The quantitative estimate of drug-likeness (QED) is 0.292. The third-order valence-corrected chi connectivity index (χ3v) is 6.36. The first-order valence-corrected chi connectivity index (χ1v) is 10.5. The molecular formula is C17H26F2IN3O5S. The fourth-order valence-electron chi connectivity index (χ4n) is 2.23. The van der Waals surface area contributed by atoms with E-state index in [4.69, 9.17) is 9.47 Å². The standard InChI is InChI=1S/C17H25F2N3O5S.HI/c1-5-20-16(22-9-17(2,3)28(4,23)24)21-8-11-6-13-14(26-10-25-13)7-12(11)27-15(18)19;/h6-7,15H,5,8-10H2,1-4H3,(H2,20,21,22);1H. The fourth-order valence-corrected chi connectivity index (χ4v) is 2.56. The molecule has 0 fully saturated rings. The Kier molecular flexibility index (Phi) is 9.18. The third kappa shape index (κ3) is 7.01. The predicted molar refractivity (Wildman–Crippen MR) is 116 cm³/mol. The van der Waals surface area contributed by atoms with E-state index >= 15 is 0 Å². The zero-order valence-electron chi connectivity index (χ0n) is 16.6. The summed E-state index contributed by atoms with van der Waals surface area (Å²) in [6, 6.07) is 2.88. The molecule has 0 bridgehead atoms. The van der Waals surface area contributed by atoms with Crippen molar-refractivity contribution in [3.8, 4) is 17.2 Å². The Labute approximate surface area is 186 Å². The molecule has 1 aromatic rings. The molecule has 0 saturated carbocycles. The minimum Gasteiger partial charge on any atom is -0.454 e. The lowest BCUT2D eigenvalue weighted by Crippen LogP contribution is -2.47. The van der Waals surface area contributed by atoms with Crippen LogP contribution in [0.4, 0.5) is 8.78 Å². The number of ether oxygens (including phenoxy) is 3. The predicted octanol–water partition coefficient (Wildman–Crippen LogP) is 2.51. The van der Waals surface area contributed by atoms with Crippen molar-refractivity contribution < 1.29 is 31.4 Å². The topological polar surface area (TPSA) is 98.2 Å². The van der Waals surface area contributed by atoms with E-state index in [-0.39, 0.29) is 49.6 Å². The Bertz CT molecular complexity index is 835. The van der Waals surface area contributed by atoms with Crippen molar-refractivity contribution >= 4 is 39.8 Å². The number of fused-ring (bicyclic) bond motifs is 1. The van der Waals surface area contributed by atoms with Gasteiger partial charge < -0.3 is 24.8 Å². The molecule has 0 amide bonds. The average Bonchev–Trinajstić information content (AvgIpc) is 3.02. The van der Waals surface area contributed by atoms with Crippen LogP contribution >= 0.6 is 24.0 Å². The lowest BCUT2D eigenvalue weighted by molar-refractivity contribution is -0.0505. The number of nitrogens with one attached hydrogen (secondary N) is 2. The Morgan fingerprint density at radius 1 is 1.28 bits per heavy atom. The van der Waals surface area contributed by atoms with Gasteiger partial charge in [0.2, 0.25) is 6.79 Å². The van der Waals surface area contributed by atoms with E-state index in [1.165, 1.54) is 18.4 Å². The zero-order valence-corrected chi connectivity index (χ0v) is 19.8. The first-order chi connectivity index (χ1) is 13.0. The van der Waals surface area contributed by atoms with Crippen LogP contribution in [0.1, 0.15) is 26.3 Å². The Balaban J connectivity index is 0.00000420. The third-order valence-electron chi connectivity index (χ3n) is 4.21. The van der Waals surface area contributed by atoms with Gasteiger partial charge in [-0.2, -0.15) is 8.78 Å². The summed E-state index contributed by atoms with van der Waals surface area (Å²) in [5, 5.41) is 5.95. The normalized spacial score (nSPS) is 13.8. The van der Waals surface area contributed by atoms with Gasteiger partial charge in [0.1, 0.15) is 5.75 Å². The van der Waals surface area contributed by atoms with Crippen LogP contribution in [-0.2, 0) is 16.4 Å². The van der Waals surface area contributed by atoms with Crippen molar-refractivity contribution in [2.75, 3.05) is 26.1 Å². The van der Waals surface area contributed by atoms with Crippen molar-refractivity contribution in [3.63, 3.8) is 0 Å². The number of sulfone groups is 1. The number of halogens is 3. The van der Waals surface area contributed by atoms with E-state index < -0.39 is 21.2 Å². The Morgan fingerprint density at radius 3 is 2.45 bits per heavy atom. The van der Waals surface area contributed by atoms with E-state index in [9.17, 15) is 17.2 Å². The second-order valence-electron chi connectivity index (χ2n) is 6.77. The van der Waals surface area contributed by atoms with Crippen molar-refractivity contribution in [3.05, 3.63) is 17.7 Å². The molecule has 1 aromatic carbocycles. The number of hydrogen-bond donors (Lipinski definition) is 2. The van der Waals surface area contributed by atoms with Crippen LogP contribution in [0.15, 0.2) is 17.1 Å². The van der Waals surface area contributed by atoms with Crippen LogP contribution in [-0.4, -0.2) is 51.9 Å². The molecule has 0 atom stereocenters. The second-order valence-corrected chi connectivity index (χ2v) is 9.42.